The van der Waals surface area contributed by atoms with Crippen molar-refractivity contribution < 1.29 is 23.8 Å². The summed E-state index contributed by atoms with van der Waals surface area (Å²) in [6, 6.07) is 9.98. The highest BCUT2D eigenvalue weighted by atomic mass is 35.5. The Kier molecular flexibility index (Phi) is 7.64. The number of aryl methyl sites for hydroxylation is 2. The predicted molar refractivity (Wildman–Crippen MR) is 104 cm³/mol. The van der Waals surface area contributed by atoms with E-state index in [0.29, 0.717) is 28.6 Å². The first-order valence-electron chi connectivity index (χ1n) is 8.36. The maximum Gasteiger partial charge on any atom is 0.338 e. The molecule has 2 aromatic rings. The Morgan fingerprint density at radius 2 is 1.67 bits per heavy atom. The highest BCUT2D eigenvalue weighted by molar-refractivity contribution is 6.32. The molecule has 0 aliphatic rings. The minimum absolute atomic E-state index is 0.138. The van der Waals surface area contributed by atoms with Crippen molar-refractivity contribution in [3.63, 3.8) is 0 Å². The van der Waals surface area contributed by atoms with E-state index in [9.17, 15) is 9.59 Å². The van der Waals surface area contributed by atoms with Crippen LogP contribution in [0, 0.1) is 13.8 Å². The van der Waals surface area contributed by atoms with Crippen molar-refractivity contribution in [3.05, 3.63) is 58.1 Å². The number of hydrogen-bond acceptors (Lipinski definition) is 5. The van der Waals surface area contributed by atoms with Crippen LogP contribution in [0.3, 0.4) is 0 Å². The molecule has 2 rings (SSSR count). The third kappa shape index (κ3) is 6.27. The Hall–Kier alpha value is -2.57. The van der Waals surface area contributed by atoms with Crippen LogP contribution in [0.4, 0.5) is 5.69 Å². The zero-order valence-corrected chi connectivity index (χ0v) is 16.3. The second-order valence-corrected chi connectivity index (χ2v) is 6.29. The average Bonchev–Trinajstić information content (AvgIpc) is 2.65. The van der Waals surface area contributed by atoms with E-state index in [2.05, 4.69) is 5.32 Å². The number of esters is 1. The molecule has 0 saturated carbocycles. The van der Waals surface area contributed by atoms with E-state index in [1.165, 1.54) is 7.11 Å². The minimum atomic E-state index is -0.443. The van der Waals surface area contributed by atoms with Crippen LogP contribution >= 0.6 is 11.6 Å². The van der Waals surface area contributed by atoms with E-state index in [-0.39, 0.29) is 19.1 Å². The summed E-state index contributed by atoms with van der Waals surface area (Å²) in [5, 5.41) is 3.40. The van der Waals surface area contributed by atoms with Crippen LogP contribution in [0.5, 0.6) is 5.75 Å². The van der Waals surface area contributed by atoms with Gasteiger partial charge in [0.15, 0.2) is 6.61 Å². The zero-order chi connectivity index (χ0) is 19.8. The van der Waals surface area contributed by atoms with Crippen LogP contribution in [0.2, 0.25) is 5.02 Å². The Morgan fingerprint density at radius 3 is 2.26 bits per heavy atom. The van der Waals surface area contributed by atoms with Crippen molar-refractivity contribution in [1.29, 1.82) is 0 Å². The number of ether oxygens (including phenoxy) is 3. The monoisotopic (exact) mass is 391 g/mol. The van der Waals surface area contributed by atoms with Gasteiger partial charge in [-0.05, 0) is 61.4 Å². The maximum absolute atomic E-state index is 12.0. The summed E-state index contributed by atoms with van der Waals surface area (Å²) in [7, 11) is 1.53. The fourth-order valence-corrected chi connectivity index (χ4v) is 2.44. The van der Waals surface area contributed by atoms with Gasteiger partial charge < -0.3 is 19.5 Å². The van der Waals surface area contributed by atoms with Gasteiger partial charge in [-0.15, -0.1) is 0 Å². The molecule has 0 heterocycles. The Morgan fingerprint density at radius 1 is 1.04 bits per heavy atom. The topological polar surface area (TPSA) is 73.9 Å². The lowest BCUT2D eigenvalue weighted by Gasteiger charge is -2.10. The molecule has 0 radical (unpaired) electrons. The number of amides is 1. The number of halogens is 1. The lowest BCUT2D eigenvalue weighted by Crippen LogP contribution is -2.20. The summed E-state index contributed by atoms with van der Waals surface area (Å²) in [5.74, 6) is -0.170. The fraction of sp³-hybridized carbons (Fsp3) is 0.300. The van der Waals surface area contributed by atoms with Crippen LogP contribution in [0.1, 0.15) is 21.5 Å². The predicted octanol–water partition coefficient (Wildman–Crippen LogP) is 3.78. The van der Waals surface area contributed by atoms with Crippen molar-refractivity contribution >= 4 is 29.2 Å². The van der Waals surface area contributed by atoms with Crippen LogP contribution in [-0.2, 0) is 14.3 Å². The van der Waals surface area contributed by atoms with Crippen molar-refractivity contribution in [2.75, 3.05) is 32.2 Å². The smallest absolute Gasteiger partial charge is 0.338 e. The van der Waals surface area contributed by atoms with Crippen LogP contribution in [-0.4, -0.2) is 38.8 Å². The molecule has 0 aliphatic heterocycles. The first-order chi connectivity index (χ1) is 12.9. The van der Waals surface area contributed by atoms with E-state index in [1.807, 2.05) is 13.8 Å². The molecule has 0 aliphatic carbocycles. The van der Waals surface area contributed by atoms with Crippen molar-refractivity contribution in [1.82, 2.24) is 0 Å². The third-order valence-corrected chi connectivity index (χ3v) is 4.30. The molecule has 7 heteroatoms. The van der Waals surface area contributed by atoms with Crippen molar-refractivity contribution in [2.45, 2.75) is 13.8 Å². The SMILES string of the molecule is COCCOC(=O)c1ccc(NC(=O)COc2cc(C)c(Cl)c(C)c2)cc1. The lowest BCUT2D eigenvalue weighted by atomic mass is 10.1. The number of carbonyl (C=O) groups is 2. The van der Waals surface area contributed by atoms with Gasteiger partial charge in [-0.25, -0.2) is 4.79 Å². The number of carbonyl (C=O) groups excluding carboxylic acids is 2. The molecular weight excluding hydrogens is 370 g/mol. The Balaban J connectivity index is 1.86. The maximum atomic E-state index is 12.0. The van der Waals surface area contributed by atoms with Gasteiger partial charge in [0.05, 0.1) is 12.2 Å². The van der Waals surface area contributed by atoms with Crippen LogP contribution < -0.4 is 10.1 Å². The molecule has 0 saturated heterocycles. The normalized spacial score (nSPS) is 10.4. The standard InChI is InChI=1S/C20H22ClNO5/c1-13-10-17(11-14(2)19(13)21)27-12-18(23)22-16-6-4-15(5-7-16)20(24)26-9-8-25-3/h4-7,10-11H,8-9,12H2,1-3H3,(H,22,23). The summed E-state index contributed by atoms with van der Waals surface area (Å²) in [6.07, 6.45) is 0. The molecule has 27 heavy (non-hydrogen) atoms. The molecule has 2 aromatic carbocycles. The molecule has 6 nitrogen and oxygen atoms in total. The van der Waals surface area contributed by atoms with Gasteiger partial charge >= 0.3 is 5.97 Å². The van der Waals surface area contributed by atoms with E-state index >= 15 is 0 Å². The molecule has 0 atom stereocenters. The summed E-state index contributed by atoms with van der Waals surface area (Å²) >= 11 is 6.12. The molecule has 1 amide bonds. The number of methoxy groups -OCH3 is 1. The van der Waals surface area contributed by atoms with Gasteiger partial charge in [-0.1, -0.05) is 11.6 Å². The van der Waals surface area contributed by atoms with Crippen molar-refractivity contribution in [3.8, 4) is 5.75 Å². The summed E-state index contributed by atoms with van der Waals surface area (Å²) < 4.78 is 15.4. The van der Waals surface area contributed by atoms with Crippen LogP contribution in [0.25, 0.3) is 0 Å². The summed E-state index contributed by atoms with van der Waals surface area (Å²) in [5.41, 5.74) is 2.73. The number of nitrogens with one attached hydrogen (secondary N) is 1. The van der Waals surface area contributed by atoms with Gasteiger partial charge in [-0.3, -0.25) is 4.79 Å². The summed E-state index contributed by atoms with van der Waals surface area (Å²) in [6.45, 7) is 4.15. The van der Waals surface area contributed by atoms with Gasteiger partial charge in [0.2, 0.25) is 0 Å². The highest BCUT2D eigenvalue weighted by Gasteiger charge is 2.09. The molecule has 0 bridgehead atoms. The molecular formula is C20H22ClNO5. The second kappa shape index (κ2) is 9.94. The largest absolute Gasteiger partial charge is 0.484 e. The zero-order valence-electron chi connectivity index (χ0n) is 15.5. The Labute approximate surface area is 163 Å². The molecule has 144 valence electrons. The lowest BCUT2D eigenvalue weighted by molar-refractivity contribution is -0.118. The van der Waals surface area contributed by atoms with E-state index < -0.39 is 5.97 Å². The van der Waals surface area contributed by atoms with E-state index in [4.69, 9.17) is 25.8 Å². The quantitative estimate of drug-likeness (QED) is 0.547. The van der Waals surface area contributed by atoms with Crippen molar-refractivity contribution in [2.24, 2.45) is 0 Å². The molecule has 0 aromatic heterocycles. The Bertz CT molecular complexity index is 782. The molecule has 0 unspecified atom stereocenters. The molecule has 0 fully saturated rings. The average molecular weight is 392 g/mol. The van der Waals surface area contributed by atoms with Gasteiger partial charge in [0.1, 0.15) is 12.4 Å². The second-order valence-electron chi connectivity index (χ2n) is 5.91. The number of benzene rings is 2. The van der Waals surface area contributed by atoms with E-state index in [1.54, 1.807) is 36.4 Å². The number of hydrogen-bond donors (Lipinski definition) is 1. The van der Waals surface area contributed by atoms with Gasteiger partial charge in [0.25, 0.3) is 5.91 Å². The highest BCUT2D eigenvalue weighted by Crippen LogP contribution is 2.25. The van der Waals surface area contributed by atoms with Crippen LogP contribution in [0.15, 0.2) is 36.4 Å². The molecule has 1 N–H and O–H groups in total. The fourth-order valence-electron chi connectivity index (χ4n) is 2.33. The third-order valence-electron chi connectivity index (χ3n) is 3.70. The van der Waals surface area contributed by atoms with Gasteiger partial charge in [-0.2, -0.15) is 0 Å². The first-order valence-corrected chi connectivity index (χ1v) is 8.74. The van der Waals surface area contributed by atoms with E-state index in [0.717, 1.165) is 11.1 Å². The number of anilines is 1. The summed E-state index contributed by atoms with van der Waals surface area (Å²) in [4.78, 5) is 23.8. The van der Waals surface area contributed by atoms with Gasteiger partial charge in [0, 0.05) is 17.8 Å². The molecule has 0 spiro atoms. The number of rotatable bonds is 8. The minimum Gasteiger partial charge on any atom is -0.484 e. The first kappa shape index (κ1) is 20.7.